The van der Waals surface area contributed by atoms with Crippen molar-refractivity contribution in [2.45, 2.75) is 44.2 Å². The Morgan fingerprint density at radius 1 is 1.50 bits per heavy atom. The van der Waals surface area contributed by atoms with Gasteiger partial charge in [-0.25, -0.2) is 0 Å². The van der Waals surface area contributed by atoms with Gasteiger partial charge in [0.05, 0.1) is 4.92 Å². The molecule has 0 aromatic heterocycles. The molecule has 2 saturated heterocycles. The van der Waals surface area contributed by atoms with Crippen molar-refractivity contribution < 1.29 is 23.9 Å². The summed E-state index contributed by atoms with van der Waals surface area (Å²) in [7, 11) is 1.51. The van der Waals surface area contributed by atoms with Gasteiger partial charge in [0.1, 0.15) is 18.3 Å². The van der Waals surface area contributed by atoms with Gasteiger partial charge in [-0.05, 0) is 13.8 Å². The highest BCUT2D eigenvalue weighted by molar-refractivity contribution is 9.11. The van der Waals surface area contributed by atoms with Crippen LogP contribution in [0.5, 0.6) is 0 Å². The molecule has 2 aliphatic heterocycles. The fourth-order valence-electron chi connectivity index (χ4n) is 2.10. The molecule has 102 valence electrons. The summed E-state index contributed by atoms with van der Waals surface area (Å²) in [6.07, 6.45) is -0.645. The lowest BCUT2D eigenvalue weighted by molar-refractivity contribution is -0.409. The van der Waals surface area contributed by atoms with E-state index in [-0.39, 0.29) is 4.61 Å². The second kappa shape index (κ2) is 4.86. The topological polar surface area (TPSA) is 80.1 Å². The highest BCUT2D eigenvalue weighted by Crippen LogP contribution is 2.39. The van der Waals surface area contributed by atoms with E-state index in [1.807, 2.05) is 0 Å². The molecule has 0 aromatic rings. The van der Waals surface area contributed by atoms with Crippen molar-refractivity contribution in [1.82, 2.24) is 0 Å². The lowest BCUT2D eigenvalue weighted by atomic mass is 10.1. The third-order valence-corrected chi connectivity index (χ3v) is 3.33. The Balaban J connectivity index is 2.14. The van der Waals surface area contributed by atoms with Gasteiger partial charge >= 0.3 is 4.61 Å². The molecule has 2 aliphatic rings. The second-order valence-electron chi connectivity index (χ2n) is 4.52. The van der Waals surface area contributed by atoms with E-state index >= 15 is 0 Å². The molecule has 0 aliphatic carbocycles. The Hall–Kier alpha value is -0.540. The van der Waals surface area contributed by atoms with Gasteiger partial charge in [-0.15, -0.1) is 0 Å². The maximum Gasteiger partial charge on any atom is 0.309 e. The van der Waals surface area contributed by atoms with E-state index in [0.717, 1.165) is 0 Å². The first-order valence-corrected chi connectivity index (χ1v) is 6.19. The predicted octanol–water partition coefficient (Wildman–Crippen LogP) is 1.39. The van der Waals surface area contributed by atoms with E-state index in [1.165, 1.54) is 13.2 Å². The molecule has 0 bridgehead atoms. The van der Waals surface area contributed by atoms with Crippen molar-refractivity contribution in [1.29, 1.82) is 0 Å². The number of ether oxygens (including phenoxy) is 4. The van der Waals surface area contributed by atoms with Crippen LogP contribution in [0.1, 0.15) is 13.8 Å². The van der Waals surface area contributed by atoms with Gasteiger partial charge in [-0.2, -0.15) is 0 Å². The lowest BCUT2D eigenvalue weighted by Gasteiger charge is -2.23. The van der Waals surface area contributed by atoms with E-state index in [0.29, 0.717) is 0 Å². The van der Waals surface area contributed by atoms with Crippen molar-refractivity contribution in [2.75, 3.05) is 7.11 Å². The summed E-state index contributed by atoms with van der Waals surface area (Å²) < 4.78 is 21.9. The Morgan fingerprint density at radius 3 is 2.72 bits per heavy atom. The maximum atomic E-state index is 10.6. The van der Waals surface area contributed by atoms with E-state index in [1.54, 1.807) is 13.8 Å². The summed E-state index contributed by atoms with van der Waals surface area (Å²) in [5.41, 5.74) is 0. The van der Waals surface area contributed by atoms with Crippen molar-refractivity contribution in [2.24, 2.45) is 0 Å². The molecule has 0 amide bonds. The first kappa shape index (κ1) is 13.9. The molecule has 0 saturated carbocycles. The minimum absolute atomic E-state index is 0.172. The highest BCUT2D eigenvalue weighted by Gasteiger charge is 2.54. The average Bonchev–Trinajstić information content (AvgIpc) is 2.68. The summed E-state index contributed by atoms with van der Waals surface area (Å²) in [5.74, 6) is -0.735. The van der Waals surface area contributed by atoms with E-state index < -0.39 is 35.3 Å². The van der Waals surface area contributed by atoms with Crippen LogP contribution in [0, 0.1) is 10.1 Å². The Kier molecular flexibility index (Phi) is 3.75. The SMILES string of the molecule is CO[C@@H]1[C@H]2OC(C)(C)O[C@H]2O[C@@H]1/C=C(\Br)[N+](=O)[O-]. The van der Waals surface area contributed by atoms with Gasteiger partial charge in [0.25, 0.3) is 0 Å². The number of methoxy groups -OCH3 is 1. The zero-order valence-electron chi connectivity index (χ0n) is 10.2. The van der Waals surface area contributed by atoms with Crippen LogP contribution < -0.4 is 0 Å². The van der Waals surface area contributed by atoms with E-state index in [4.69, 9.17) is 18.9 Å². The molecule has 2 rings (SSSR count). The van der Waals surface area contributed by atoms with Crippen molar-refractivity contribution >= 4 is 15.9 Å². The lowest BCUT2D eigenvalue weighted by Crippen LogP contribution is -2.35. The third-order valence-electron chi connectivity index (χ3n) is 2.78. The van der Waals surface area contributed by atoms with E-state index in [9.17, 15) is 10.1 Å². The summed E-state index contributed by atoms with van der Waals surface area (Å²) in [5, 5.41) is 10.6. The molecule has 0 spiro atoms. The largest absolute Gasteiger partial charge is 0.375 e. The van der Waals surface area contributed by atoms with Crippen LogP contribution >= 0.6 is 15.9 Å². The summed E-state index contributed by atoms with van der Waals surface area (Å²) >= 11 is 2.86. The molecule has 0 unspecified atom stereocenters. The fraction of sp³-hybridized carbons (Fsp3) is 0.800. The van der Waals surface area contributed by atoms with Crippen molar-refractivity contribution in [3.8, 4) is 0 Å². The number of halogens is 1. The molecule has 4 atom stereocenters. The van der Waals surface area contributed by atoms with Gasteiger partial charge < -0.3 is 18.9 Å². The Morgan fingerprint density at radius 2 is 2.17 bits per heavy atom. The van der Waals surface area contributed by atoms with Gasteiger partial charge in [0.2, 0.25) is 0 Å². The molecule has 18 heavy (non-hydrogen) atoms. The molecule has 0 radical (unpaired) electrons. The zero-order valence-corrected chi connectivity index (χ0v) is 11.7. The average molecular weight is 324 g/mol. The molecule has 2 fully saturated rings. The van der Waals surface area contributed by atoms with E-state index in [2.05, 4.69) is 15.9 Å². The molecule has 0 N–H and O–H groups in total. The smallest absolute Gasteiger partial charge is 0.309 e. The summed E-state index contributed by atoms with van der Waals surface area (Å²) in [6, 6.07) is 0. The zero-order chi connectivity index (χ0) is 13.5. The number of fused-ring (bicyclic) bond motifs is 1. The minimum atomic E-state index is -0.735. The molecular formula is C10H14BrNO6. The van der Waals surface area contributed by atoms with Crippen LogP contribution in [-0.4, -0.2) is 42.4 Å². The standard InChI is InChI=1S/C10H14BrNO6/c1-10(2)17-8-7(15-3)5(16-9(8)18-10)4-6(11)12(13)14/h4-5,7-9H,1-3H3/b6-4+/t5-,7+,8-,9-/m1/s1. The van der Waals surface area contributed by atoms with Crippen molar-refractivity contribution in [3.05, 3.63) is 20.8 Å². The minimum Gasteiger partial charge on any atom is -0.375 e. The summed E-state index contributed by atoms with van der Waals surface area (Å²) in [4.78, 5) is 10.0. The van der Waals surface area contributed by atoms with Gasteiger partial charge in [-0.3, -0.25) is 10.1 Å². The molecular weight excluding hydrogens is 310 g/mol. The van der Waals surface area contributed by atoms with Gasteiger partial charge in [0.15, 0.2) is 12.1 Å². The maximum absolute atomic E-state index is 10.6. The number of hydrogen-bond acceptors (Lipinski definition) is 6. The number of nitro groups is 1. The predicted molar refractivity (Wildman–Crippen MR) is 63.5 cm³/mol. The van der Waals surface area contributed by atoms with Crippen LogP contribution in [0.25, 0.3) is 0 Å². The van der Waals surface area contributed by atoms with Crippen molar-refractivity contribution in [3.63, 3.8) is 0 Å². The molecule has 8 heteroatoms. The second-order valence-corrected chi connectivity index (χ2v) is 5.33. The monoisotopic (exact) mass is 323 g/mol. The molecule has 2 heterocycles. The van der Waals surface area contributed by atoms with Crippen LogP contribution in [-0.2, 0) is 18.9 Å². The Bertz CT molecular complexity index is 385. The van der Waals surface area contributed by atoms with Crippen LogP contribution in [0.2, 0.25) is 0 Å². The first-order valence-electron chi connectivity index (χ1n) is 5.39. The van der Waals surface area contributed by atoms with Crippen LogP contribution in [0.15, 0.2) is 10.7 Å². The quantitative estimate of drug-likeness (QED) is 0.443. The highest BCUT2D eigenvalue weighted by atomic mass is 79.9. The fourth-order valence-corrected chi connectivity index (χ4v) is 2.36. The third kappa shape index (κ3) is 2.57. The number of rotatable bonds is 3. The Labute approximate surface area is 112 Å². The normalized spacial score (nSPS) is 38.8. The van der Waals surface area contributed by atoms with Crippen LogP contribution in [0.3, 0.4) is 0 Å². The summed E-state index contributed by atoms with van der Waals surface area (Å²) in [6.45, 7) is 3.55. The van der Waals surface area contributed by atoms with Crippen LogP contribution in [0.4, 0.5) is 0 Å². The molecule has 0 aromatic carbocycles. The number of nitrogens with zero attached hydrogens (tertiary/aromatic N) is 1. The van der Waals surface area contributed by atoms with Gasteiger partial charge in [0, 0.05) is 29.1 Å². The van der Waals surface area contributed by atoms with Gasteiger partial charge in [-0.1, -0.05) is 0 Å². The number of hydrogen-bond donors (Lipinski definition) is 0. The molecule has 7 nitrogen and oxygen atoms in total. The first-order chi connectivity index (χ1) is 8.34.